The fourth-order valence-electron chi connectivity index (χ4n) is 1.57. The van der Waals surface area contributed by atoms with E-state index in [4.69, 9.17) is 9.47 Å². The summed E-state index contributed by atoms with van der Waals surface area (Å²) in [5.41, 5.74) is -0.433. The highest BCUT2D eigenvalue weighted by atomic mass is 19.1. The lowest BCUT2D eigenvalue weighted by atomic mass is 10.1. The zero-order chi connectivity index (χ0) is 14.6. The van der Waals surface area contributed by atoms with Crippen LogP contribution < -0.4 is 9.47 Å². The van der Waals surface area contributed by atoms with Crippen molar-refractivity contribution in [1.82, 2.24) is 0 Å². The number of methoxy groups -OCH3 is 2. The monoisotopic (exact) mass is 274 g/mol. The molecule has 0 saturated heterocycles. The second-order valence-corrected chi connectivity index (χ2v) is 3.51. The Hall–Kier alpha value is -2.02. The van der Waals surface area contributed by atoms with E-state index in [9.17, 15) is 19.4 Å². The third-order valence-corrected chi connectivity index (χ3v) is 2.41. The maximum Gasteiger partial charge on any atom is 0.339 e. The van der Waals surface area contributed by atoms with Crippen LogP contribution in [0.25, 0.3) is 0 Å². The number of esters is 1. The molecule has 19 heavy (non-hydrogen) atoms. The fourth-order valence-corrected chi connectivity index (χ4v) is 1.57. The van der Waals surface area contributed by atoms with Crippen molar-refractivity contribution in [3.05, 3.63) is 17.4 Å². The Morgan fingerprint density at radius 3 is 2.53 bits per heavy atom. The molecule has 1 unspecified atom stereocenters. The number of benzene rings is 1. The number of aliphatic hydroxyl groups is 1. The van der Waals surface area contributed by atoms with Gasteiger partial charge in [-0.15, -0.1) is 0 Å². The highest BCUT2D eigenvalue weighted by molar-refractivity contribution is 5.79. The molecule has 1 aromatic carbocycles. The molecule has 1 atom stereocenters. The Morgan fingerprint density at radius 1 is 1.42 bits per heavy atom. The third kappa shape index (κ3) is 2.87. The average molecular weight is 274 g/mol. The molecule has 0 aliphatic rings. The van der Waals surface area contributed by atoms with Gasteiger partial charge in [0.2, 0.25) is 0 Å². The summed E-state index contributed by atoms with van der Waals surface area (Å²) < 4.78 is 27.9. The second kappa shape index (κ2) is 6.24. The second-order valence-electron chi connectivity index (χ2n) is 3.51. The molecule has 0 fully saturated rings. The molecule has 0 saturated carbocycles. The topological polar surface area (TPSA) is 85.2 Å². The summed E-state index contributed by atoms with van der Waals surface area (Å²) >= 11 is 0. The Balaban J connectivity index is 3.38. The lowest BCUT2D eigenvalue weighted by molar-refractivity contribution is -0.153. The first-order chi connectivity index (χ1) is 8.97. The predicted molar refractivity (Wildman–Crippen MR) is 62.8 cm³/mol. The smallest absolute Gasteiger partial charge is 0.339 e. The van der Waals surface area contributed by atoms with E-state index in [1.807, 2.05) is 0 Å². The lowest BCUT2D eigenvalue weighted by Gasteiger charge is -2.18. The summed E-state index contributed by atoms with van der Waals surface area (Å²) in [6.07, 6.45) is -1.88. The summed E-state index contributed by atoms with van der Waals surface area (Å²) in [7, 11) is 2.49. The first-order valence-corrected chi connectivity index (χ1v) is 5.45. The summed E-state index contributed by atoms with van der Waals surface area (Å²) in [5.74, 6) is -3.16. The van der Waals surface area contributed by atoms with Crippen molar-refractivity contribution in [2.24, 2.45) is 0 Å². The standard InChI is InChI=1S/C12H15FO6/c1-4-19-12(16)10(15)8-9(14)6(13)5-7(17-2)11(8)18-3/h5,10,14-15H,4H2,1-3H3. The van der Waals surface area contributed by atoms with E-state index in [-0.39, 0.29) is 18.1 Å². The number of phenolic OH excluding ortho intramolecular Hbond substituents is 1. The fraction of sp³-hybridized carbons (Fsp3) is 0.417. The van der Waals surface area contributed by atoms with Gasteiger partial charge in [0.15, 0.2) is 29.2 Å². The zero-order valence-electron chi connectivity index (χ0n) is 10.8. The SMILES string of the molecule is CCOC(=O)C(O)c1c(O)c(F)cc(OC)c1OC. The molecule has 0 amide bonds. The van der Waals surface area contributed by atoms with E-state index in [0.717, 1.165) is 6.07 Å². The Labute approximate surface area is 109 Å². The number of aromatic hydroxyl groups is 1. The molecular formula is C12H15FO6. The molecule has 0 bridgehead atoms. The van der Waals surface area contributed by atoms with Gasteiger partial charge in [0.25, 0.3) is 0 Å². The molecule has 0 aromatic heterocycles. The number of ether oxygens (including phenoxy) is 3. The van der Waals surface area contributed by atoms with Crippen LogP contribution in [-0.4, -0.2) is 37.0 Å². The molecule has 1 rings (SSSR count). The molecule has 1 aromatic rings. The molecular weight excluding hydrogens is 259 g/mol. The van der Waals surface area contributed by atoms with Gasteiger partial charge in [-0.25, -0.2) is 9.18 Å². The molecule has 2 N–H and O–H groups in total. The summed E-state index contributed by atoms with van der Waals surface area (Å²) in [4.78, 5) is 11.5. The van der Waals surface area contributed by atoms with Gasteiger partial charge in [-0.05, 0) is 6.92 Å². The molecule has 0 heterocycles. The van der Waals surface area contributed by atoms with Crippen LogP contribution >= 0.6 is 0 Å². The summed E-state index contributed by atoms with van der Waals surface area (Å²) in [5, 5.41) is 19.5. The van der Waals surface area contributed by atoms with Crippen molar-refractivity contribution in [2.45, 2.75) is 13.0 Å². The van der Waals surface area contributed by atoms with Crippen LogP contribution in [0.3, 0.4) is 0 Å². The normalized spacial score (nSPS) is 11.8. The highest BCUT2D eigenvalue weighted by Crippen LogP contribution is 2.42. The lowest BCUT2D eigenvalue weighted by Crippen LogP contribution is -2.17. The van der Waals surface area contributed by atoms with Gasteiger partial charge in [0, 0.05) is 6.07 Å². The van der Waals surface area contributed by atoms with Crippen LogP contribution in [0.5, 0.6) is 17.2 Å². The quantitative estimate of drug-likeness (QED) is 0.783. The predicted octanol–water partition coefficient (Wildman–Crippen LogP) is 1.15. The van der Waals surface area contributed by atoms with Crippen LogP contribution in [0.4, 0.5) is 4.39 Å². The van der Waals surface area contributed by atoms with Crippen molar-refractivity contribution < 1.29 is 33.6 Å². The maximum absolute atomic E-state index is 13.5. The van der Waals surface area contributed by atoms with E-state index >= 15 is 0 Å². The van der Waals surface area contributed by atoms with E-state index < -0.39 is 29.2 Å². The van der Waals surface area contributed by atoms with E-state index in [1.54, 1.807) is 6.92 Å². The van der Waals surface area contributed by atoms with Crippen molar-refractivity contribution in [2.75, 3.05) is 20.8 Å². The minimum Gasteiger partial charge on any atom is -0.504 e. The molecule has 106 valence electrons. The van der Waals surface area contributed by atoms with Crippen LogP contribution in [0, 0.1) is 5.82 Å². The van der Waals surface area contributed by atoms with Gasteiger partial charge >= 0.3 is 5.97 Å². The van der Waals surface area contributed by atoms with Crippen LogP contribution in [0.2, 0.25) is 0 Å². The third-order valence-electron chi connectivity index (χ3n) is 2.41. The number of aliphatic hydroxyl groups excluding tert-OH is 1. The first kappa shape index (κ1) is 15.0. The minimum atomic E-state index is -1.88. The zero-order valence-corrected chi connectivity index (χ0v) is 10.8. The van der Waals surface area contributed by atoms with Gasteiger partial charge in [-0.1, -0.05) is 0 Å². The van der Waals surface area contributed by atoms with E-state index in [1.165, 1.54) is 14.2 Å². The summed E-state index contributed by atoms with van der Waals surface area (Å²) in [6.45, 7) is 1.58. The molecule has 7 heteroatoms. The Bertz CT molecular complexity index is 474. The van der Waals surface area contributed by atoms with Crippen molar-refractivity contribution in [3.63, 3.8) is 0 Å². The summed E-state index contributed by atoms with van der Waals surface area (Å²) in [6, 6.07) is 0.884. The number of hydrogen-bond donors (Lipinski definition) is 2. The number of halogens is 1. The number of carbonyl (C=O) groups is 1. The maximum atomic E-state index is 13.5. The van der Waals surface area contributed by atoms with Crippen molar-refractivity contribution >= 4 is 5.97 Å². The Kier molecular flexibility index (Phi) is 4.94. The molecule has 6 nitrogen and oxygen atoms in total. The van der Waals surface area contributed by atoms with E-state index in [2.05, 4.69) is 4.74 Å². The highest BCUT2D eigenvalue weighted by Gasteiger charge is 2.30. The van der Waals surface area contributed by atoms with Gasteiger partial charge in [0.1, 0.15) is 0 Å². The van der Waals surface area contributed by atoms with Gasteiger partial charge < -0.3 is 24.4 Å². The molecule has 0 aliphatic heterocycles. The number of rotatable bonds is 5. The van der Waals surface area contributed by atoms with Gasteiger partial charge in [0.05, 0.1) is 26.4 Å². The van der Waals surface area contributed by atoms with Crippen molar-refractivity contribution in [3.8, 4) is 17.2 Å². The van der Waals surface area contributed by atoms with Crippen molar-refractivity contribution in [1.29, 1.82) is 0 Å². The van der Waals surface area contributed by atoms with Crippen LogP contribution in [0.1, 0.15) is 18.6 Å². The first-order valence-electron chi connectivity index (χ1n) is 5.45. The van der Waals surface area contributed by atoms with Crippen LogP contribution in [-0.2, 0) is 9.53 Å². The number of carbonyl (C=O) groups excluding carboxylic acids is 1. The Morgan fingerprint density at radius 2 is 2.05 bits per heavy atom. The molecule has 0 spiro atoms. The van der Waals surface area contributed by atoms with E-state index in [0.29, 0.717) is 0 Å². The van der Waals surface area contributed by atoms with Gasteiger partial charge in [-0.2, -0.15) is 0 Å². The largest absolute Gasteiger partial charge is 0.504 e. The average Bonchev–Trinajstić information content (AvgIpc) is 2.40. The minimum absolute atomic E-state index is 0.0332. The number of hydrogen-bond acceptors (Lipinski definition) is 6. The number of phenols is 1. The molecule has 0 radical (unpaired) electrons. The molecule has 0 aliphatic carbocycles. The van der Waals surface area contributed by atoms with Gasteiger partial charge in [-0.3, -0.25) is 0 Å². The van der Waals surface area contributed by atoms with Crippen LogP contribution in [0.15, 0.2) is 6.07 Å².